The first kappa shape index (κ1) is 15.5. The topological polar surface area (TPSA) is 49.3 Å². The first-order chi connectivity index (χ1) is 8.71. The normalized spacial score (nSPS) is 13.6. The van der Waals surface area contributed by atoms with Gasteiger partial charge in [0.1, 0.15) is 6.04 Å². The third kappa shape index (κ3) is 4.55. The smallest absolute Gasteiger partial charge is 0.416 e. The lowest BCUT2D eigenvalue weighted by molar-refractivity contribution is -0.141. The molecule has 0 aromatic heterocycles. The Balaban J connectivity index is 2.75. The van der Waals surface area contributed by atoms with E-state index in [9.17, 15) is 18.0 Å². The second-order valence-electron chi connectivity index (χ2n) is 4.64. The molecule has 1 atom stereocenters. The van der Waals surface area contributed by atoms with E-state index in [0.717, 1.165) is 12.1 Å². The summed E-state index contributed by atoms with van der Waals surface area (Å²) in [4.78, 5) is 10.9. The van der Waals surface area contributed by atoms with Crippen molar-refractivity contribution in [3.63, 3.8) is 0 Å². The largest absolute Gasteiger partial charge is 0.480 e. The van der Waals surface area contributed by atoms with Gasteiger partial charge in [-0.05, 0) is 17.5 Å². The highest BCUT2D eigenvalue weighted by molar-refractivity contribution is 5.73. The standard InChI is InChI=1S/C13H16F3NO2/c1-8(2)11(12(18)19)17-7-9-4-3-5-10(6-9)13(14,15)16/h3-6,8,11,17H,7H2,1-2H3,(H,18,19)/t11-/m0/s1. The average Bonchev–Trinajstić information content (AvgIpc) is 2.27. The van der Waals surface area contributed by atoms with E-state index in [4.69, 9.17) is 5.11 Å². The van der Waals surface area contributed by atoms with Gasteiger partial charge in [-0.15, -0.1) is 0 Å². The fraction of sp³-hybridized carbons (Fsp3) is 0.462. The molecule has 0 spiro atoms. The molecule has 0 aliphatic heterocycles. The summed E-state index contributed by atoms with van der Waals surface area (Å²) in [6, 6.07) is 4.06. The van der Waals surface area contributed by atoms with Crippen molar-refractivity contribution in [3.05, 3.63) is 35.4 Å². The van der Waals surface area contributed by atoms with Crippen molar-refractivity contribution < 1.29 is 23.1 Å². The maximum atomic E-state index is 12.5. The fourth-order valence-electron chi connectivity index (χ4n) is 1.69. The highest BCUT2D eigenvalue weighted by Gasteiger charge is 2.30. The number of hydrogen-bond donors (Lipinski definition) is 2. The summed E-state index contributed by atoms with van der Waals surface area (Å²) in [5.41, 5.74) is -0.329. The Kier molecular flexibility index (Phi) is 4.94. The summed E-state index contributed by atoms with van der Waals surface area (Å²) in [6.07, 6.45) is -4.39. The lowest BCUT2D eigenvalue weighted by Gasteiger charge is -2.18. The number of hydrogen-bond acceptors (Lipinski definition) is 2. The molecule has 0 bridgehead atoms. The van der Waals surface area contributed by atoms with Gasteiger partial charge in [-0.1, -0.05) is 32.0 Å². The molecule has 0 saturated heterocycles. The number of carbonyl (C=O) groups is 1. The second kappa shape index (κ2) is 6.06. The number of carboxylic acid groups (broad SMARTS) is 1. The summed E-state index contributed by atoms with van der Waals surface area (Å²) < 4.78 is 37.5. The summed E-state index contributed by atoms with van der Waals surface area (Å²) in [7, 11) is 0. The molecule has 1 aromatic rings. The Labute approximate surface area is 109 Å². The van der Waals surface area contributed by atoms with E-state index in [1.165, 1.54) is 12.1 Å². The molecular formula is C13H16F3NO2. The van der Waals surface area contributed by atoms with Crippen molar-refractivity contribution in [3.8, 4) is 0 Å². The molecule has 3 nitrogen and oxygen atoms in total. The molecule has 0 amide bonds. The lowest BCUT2D eigenvalue weighted by atomic mass is 10.0. The van der Waals surface area contributed by atoms with Crippen LogP contribution in [0.2, 0.25) is 0 Å². The number of aliphatic carboxylic acids is 1. The van der Waals surface area contributed by atoms with E-state index >= 15 is 0 Å². The molecule has 0 fully saturated rings. The predicted molar refractivity (Wildman–Crippen MR) is 64.5 cm³/mol. The lowest BCUT2D eigenvalue weighted by Crippen LogP contribution is -2.40. The molecule has 19 heavy (non-hydrogen) atoms. The third-order valence-electron chi connectivity index (χ3n) is 2.71. The molecule has 1 aromatic carbocycles. The van der Waals surface area contributed by atoms with Crippen LogP contribution in [0.1, 0.15) is 25.0 Å². The van der Waals surface area contributed by atoms with E-state index in [2.05, 4.69) is 5.32 Å². The Hall–Kier alpha value is -1.56. The number of rotatable bonds is 5. The summed E-state index contributed by atoms with van der Waals surface area (Å²) in [6.45, 7) is 3.55. The maximum absolute atomic E-state index is 12.5. The van der Waals surface area contributed by atoms with Gasteiger partial charge in [-0.3, -0.25) is 4.79 Å². The monoisotopic (exact) mass is 275 g/mol. The zero-order valence-corrected chi connectivity index (χ0v) is 10.7. The molecule has 0 aliphatic carbocycles. The van der Waals surface area contributed by atoms with Gasteiger partial charge in [0.15, 0.2) is 0 Å². The van der Waals surface area contributed by atoms with Crippen molar-refractivity contribution in [2.75, 3.05) is 0 Å². The summed E-state index contributed by atoms with van der Waals surface area (Å²) >= 11 is 0. The summed E-state index contributed by atoms with van der Waals surface area (Å²) in [5, 5.41) is 11.7. The van der Waals surface area contributed by atoms with Gasteiger partial charge < -0.3 is 10.4 Å². The highest BCUT2D eigenvalue weighted by atomic mass is 19.4. The van der Waals surface area contributed by atoms with E-state index in [1.807, 2.05) is 0 Å². The van der Waals surface area contributed by atoms with Gasteiger partial charge in [-0.2, -0.15) is 13.2 Å². The SMILES string of the molecule is CC(C)[C@H](NCc1cccc(C(F)(F)F)c1)C(=O)O. The molecule has 0 aliphatic rings. The minimum Gasteiger partial charge on any atom is -0.480 e. The Morgan fingerprint density at radius 2 is 2.00 bits per heavy atom. The minimum absolute atomic E-state index is 0.0824. The maximum Gasteiger partial charge on any atom is 0.416 e. The predicted octanol–water partition coefficient (Wildman–Crippen LogP) is 2.90. The van der Waals surface area contributed by atoms with Crippen molar-refractivity contribution in [1.29, 1.82) is 0 Å². The molecule has 1 rings (SSSR count). The van der Waals surface area contributed by atoms with Crippen LogP contribution in [0.4, 0.5) is 13.2 Å². The first-order valence-electron chi connectivity index (χ1n) is 5.84. The van der Waals surface area contributed by atoms with Crippen LogP contribution in [0.5, 0.6) is 0 Å². The Bertz CT molecular complexity index is 444. The number of benzene rings is 1. The third-order valence-corrected chi connectivity index (χ3v) is 2.71. The van der Waals surface area contributed by atoms with Crippen LogP contribution in [0.25, 0.3) is 0 Å². The Morgan fingerprint density at radius 3 is 2.47 bits per heavy atom. The van der Waals surface area contributed by atoms with E-state index < -0.39 is 23.8 Å². The van der Waals surface area contributed by atoms with E-state index in [-0.39, 0.29) is 12.5 Å². The van der Waals surface area contributed by atoms with E-state index in [0.29, 0.717) is 5.56 Å². The molecule has 2 N–H and O–H groups in total. The molecule has 0 unspecified atom stereocenters. The van der Waals surface area contributed by atoms with Gasteiger partial charge in [-0.25, -0.2) is 0 Å². The number of nitrogens with one attached hydrogen (secondary N) is 1. The van der Waals surface area contributed by atoms with Crippen molar-refractivity contribution in [2.24, 2.45) is 5.92 Å². The van der Waals surface area contributed by atoms with Gasteiger partial charge in [0.05, 0.1) is 5.56 Å². The first-order valence-corrected chi connectivity index (χ1v) is 5.84. The Morgan fingerprint density at radius 1 is 1.37 bits per heavy atom. The van der Waals surface area contributed by atoms with Crippen LogP contribution >= 0.6 is 0 Å². The van der Waals surface area contributed by atoms with Crippen LogP contribution < -0.4 is 5.32 Å². The second-order valence-corrected chi connectivity index (χ2v) is 4.64. The quantitative estimate of drug-likeness (QED) is 0.868. The minimum atomic E-state index is -4.39. The number of halogens is 3. The van der Waals surface area contributed by atoms with Crippen molar-refractivity contribution >= 4 is 5.97 Å². The fourth-order valence-corrected chi connectivity index (χ4v) is 1.69. The van der Waals surface area contributed by atoms with Crippen LogP contribution in [0.3, 0.4) is 0 Å². The molecule has 106 valence electrons. The van der Waals surface area contributed by atoms with Crippen LogP contribution in [-0.2, 0) is 17.5 Å². The summed E-state index contributed by atoms with van der Waals surface area (Å²) in [5.74, 6) is -1.16. The van der Waals surface area contributed by atoms with Gasteiger partial charge >= 0.3 is 12.1 Å². The molecule has 0 radical (unpaired) electrons. The average molecular weight is 275 g/mol. The zero-order chi connectivity index (χ0) is 14.6. The van der Waals surface area contributed by atoms with Crippen LogP contribution in [-0.4, -0.2) is 17.1 Å². The van der Waals surface area contributed by atoms with Crippen LogP contribution in [0, 0.1) is 5.92 Å². The molecular weight excluding hydrogens is 259 g/mol. The van der Waals surface area contributed by atoms with Crippen molar-refractivity contribution in [2.45, 2.75) is 32.6 Å². The molecule has 6 heteroatoms. The number of carboxylic acids is 1. The van der Waals surface area contributed by atoms with Crippen LogP contribution in [0.15, 0.2) is 24.3 Å². The number of alkyl halides is 3. The van der Waals surface area contributed by atoms with E-state index in [1.54, 1.807) is 13.8 Å². The van der Waals surface area contributed by atoms with Gasteiger partial charge in [0.2, 0.25) is 0 Å². The van der Waals surface area contributed by atoms with Gasteiger partial charge in [0, 0.05) is 6.54 Å². The van der Waals surface area contributed by atoms with Gasteiger partial charge in [0.25, 0.3) is 0 Å². The molecule has 0 saturated carbocycles. The van der Waals surface area contributed by atoms with Crippen molar-refractivity contribution in [1.82, 2.24) is 5.32 Å². The zero-order valence-electron chi connectivity index (χ0n) is 10.7. The highest BCUT2D eigenvalue weighted by Crippen LogP contribution is 2.29. The molecule has 0 heterocycles.